The molecule has 0 aliphatic carbocycles. The summed E-state index contributed by atoms with van der Waals surface area (Å²) in [6.45, 7) is 23.8. The Labute approximate surface area is 202 Å². The maximum Gasteiger partial charge on any atom is -0.0632 e. The molecule has 0 heterocycles. The Balaban J connectivity index is 0. The summed E-state index contributed by atoms with van der Waals surface area (Å²) in [6.07, 6.45) is 0. The molecule has 0 amide bonds. The molecule has 0 saturated carbocycles. The van der Waals surface area contributed by atoms with Crippen molar-refractivity contribution in [2.75, 3.05) is 0 Å². The average Bonchev–Trinajstić information content (AvgIpc) is 3.09. The Kier molecular flexibility index (Phi) is 16.1. The number of hydrogen-bond donors (Lipinski definition) is 0. The summed E-state index contributed by atoms with van der Waals surface area (Å²) in [5, 5.41) is 0. The van der Waals surface area contributed by atoms with Crippen molar-refractivity contribution in [3.05, 3.63) is 86.5 Å². The van der Waals surface area contributed by atoms with E-state index in [1.807, 2.05) is 0 Å². The predicted molar refractivity (Wildman–Crippen MR) is 133 cm³/mol. The van der Waals surface area contributed by atoms with Gasteiger partial charge >= 0.3 is 41.9 Å². The molecule has 0 saturated heterocycles. The zero-order valence-electron chi connectivity index (χ0n) is 20.4. The SMILES string of the molecule is C[Si](C)=[Zr].Cc1cc(C)c(C)[cH-]1.Cc1cc(C)c(C)[cH-]1.Cc1cc(C)c(C)[cH-]1.Cl. The van der Waals surface area contributed by atoms with Crippen molar-refractivity contribution in [3.8, 4) is 0 Å². The van der Waals surface area contributed by atoms with Crippen LogP contribution in [0.3, 0.4) is 0 Å². The molecule has 0 nitrogen and oxygen atoms in total. The van der Waals surface area contributed by atoms with Gasteiger partial charge in [0.25, 0.3) is 0 Å². The van der Waals surface area contributed by atoms with Crippen LogP contribution in [-0.4, -0.2) is 5.43 Å². The summed E-state index contributed by atoms with van der Waals surface area (Å²) < 4.78 is 0. The van der Waals surface area contributed by atoms with E-state index in [-0.39, 0.29) is 17.8 Å². The fraction of sp³-hybridized carbons (Fsp3) is 0.423. The maximum atomic E-state index is 2.31. The van der Waals surface area contributed by atoms with Crippen LogP contribution in [0, 0.1) is 62.3 Å². The van der Waals surface area contributed by atoms with Gasteiger partial charge in [0.2, 0.25) is 0 Å². The molecule has 0 bridgehead atoms. The summed E-state index contributed by atoms with van der Waals surface area (Å²) >= 11 is 1.74. The van der Waals surface area contributed by atoms with E-state index in [4.69, 9.17) is 0 Å². The summed E-state index contributed by atoms with van der Waals surface area (Å²) in [7, 11) is 0. The normalized spacial score (nSPS) is 9.03. The van der Waals surface area contributed by atoms with Gasteiger partial charge in [0.05, 0.1) is 0 Å². The van der Waals surface area contributed by atoms with E-state index in [9.17, 15) is 0 Å². The van der Waals surface area contributed by atoms with Crippen LogP contribution in [0.15, 0.2) is 36.4 Å². The van der Waals surface area contributed by atoms with Crippen LogP contribution in [0.1, 0.15) is 50.1 Å². The summed E-state index contributed by atoms with van der Waals surface area (Å²) in [6, 6.07) is 13.2. The van der Waals surface area contributed by atoms with Crippen LogP contribution in [-0.2, 0) is 23.3 Å². The van der Waals surface area contributed by atoms with Crippen molar-refractivity contribution >= 4 is 17.8 Å². The smallest absolute Gasteiger partial charge is 0.0632 e. The molecule has 0 aliphatic rings. The quantitative estimate of drug-likeness (QED) is 0.213. The second-order valence-corrected chi connectivity index (χ2v) is 17.6. The van der Waals surface area contributed by atoms with Crippen LogP contribution in [0.5, 0.6) is 0 Å². The summed E-state index contributed by atoms with van der Waals surface area (Å²) in [4.78, 5) is 0. The van der Waals surface area contributed by atoms with Gasteiger partial charge in [0.15, 0.2) is 0 Å². The van der Waals surface area contributed by atoms with Crippen molar-refractivity contribution in [2.45, 2.75) is 75.4 Å². The molecule has 0 unspecified atom stereocenters. The first-order valence-corrected chi connectivity index (χ1v) is 16.2. The van der Waals surface area contributed by atoms with Gasteiger partial charge < -0.3 is 0 Å². The van der Waals surface area contributed by atoms with Gasteiger partial charge in [-0.05, 0) is 0 Å². The monoisotopic (exact) mass is 505 g/mol. The van der Waals surface area contributed by atoms with Gasteiger partial charge in [-0.15, -0.1) is 12.4 Å². The van der Waals surface area contributed by atoms with Crippen molar-refractivity contribution in [1.82, 2.24) is 0 Å². The number of halogens is 1. The molecule has 0 atom stereocenters. The zero-order valence-corrected chi connectivity index (χ0v) is 24.6. The van der Waals surface area contributed by atoms with Crippen LogP contribution >= 0.6 is 12.4 Å². The van der Waals surface area contributed by atoms with Gasteiger partial charge in [0.1, 0.15) is 0 Å². The first kappa shape index (κ1) is 30.6. The first-order valence-electron chi connectivity index (χ1n) is 9.96. The van der Waals surface area contributed by atoms with Gasteiger partial charge in [0, 0.05) is 0 Å². The largest absolute Gasteiger partial charge is 0.208 e. The molecule has 0 N–H and O–H groups in total. The molecule has 162 valence electrons. The third kappa shape index (κ3) is 14.1. The third-order valence-corrected chi connectivity index (χ3v) is 4.53. The van der Waals surface area contributed by atoms with Gasteiger partial charge in [-0.2, -0.15) is 68.3 Å². The fourth-order valence-electron chi connectivity index (χ4n) is 2.86. The number of hydrogen-bond acceptors (Lipinski definition) is 0. The topological polar surface area (TPSA) is 0 Å². The van der Waals surface area contributed by atoms with E-state index in [1.165, 1.54) is 50.1 Å². The van der Waals surface area contributed by atoms with E-state index >= 15 is 0 Å². The molecular weight excluding hydrogens is 467 g/mol. The Bertz CT molecular complexity index is 694. The maximum absolute atomic E-state index is 2.31. The minimum Gasteiger partial charge on any atom is -0.208 e. The standard InChI is InChI=1S/3C8H11.C2H6Si.ClH.Zr/c3*1-6-4-7(2)8(3)5-6;1-3-2;;/h3*4-5H,1-3H3;1-2H3;1H;/q3*-1;;;. The van der Waals surface area contributed by atoms with Gasteiger partial charge in [-0.3, -0.25) is 0 Å². The molecule has 3 heteroatoms. The fourth-order valence-corrected chi connectivity index (χ4v) is 2.86. The minimum absolute atomic E-state index is 0. The third-order valence-electron chi connectivity index (χ3n) is 4.53. The van der Waals surface area contributed by atoms with Crippen molar-refractivity contribution in [1.29, 1.82) is 0 Å². The van der Waals surface area contributed by atoms with Crippen LogP contribution in [0.25, 0.3) is 0 Å². The molecule has 3 rings (SSSR count). The van der Waals surface area contributed by atoms with Crippen molar-refractivity contribution in [2.24, 2.45) is 0 Å². The summed E-state index contributed by atoms with van der Waals surface area (Å²) in [5.41, 5.74) is 12.8. The number of aryl methyl sites for hydroxylation is 9. The zero-order chi connectivity index (χ0) is 22.0. The summed E-state index contributed by atoms with van der Waals surface area (Å²) in [5.74, 6) is 0. The Morgan fingerprint density at radius 1 is 0.552 bits per heavy atom. The second-order valence-electron chi connectivity index (χ2n) is 8.20. The molecule has 3 aromatic rings. The van der Waals surface area contributed by atoms with Crippen LogP contribution < -0.4 is 0 Å². The molecular formula is C26H40ClSiZr-3. The average molecular weight is 507 g/mol. The van der Waals surface area contributed by atoms with Crippen LogP contribution in [0.4, 0.5) is 0 Å². The molecule has 0 radical (unpaired) electrons. The van der Waals surface area contributed by atoms with Crippen molar-refractivity contribution in [3.63, 3.8) is 0 Å². The molecule has 0 spiro atoms. The Morgan fingerprint density at radius 2 is 0.724 bits per heavy atom. The van der Waals surface area contributed by atoms with E-state index in [0.717, 1.165) is 0 Å². The predicted octanol–water partition coefficient (Wildman–Crippen LogP) is 8.20. The molecule has 3 aromatic carbocycles. The number of rotatable bonds is 0. The Hall–Kier alpha value is -0.560. The molecule has 0 fully saturated rings. The van der Waals surface area contributed by atoms with Crippen LogP contribution in [0.2, 0.25) is 13.1 Å². The molecule has 0 aromatic heterocycles. The van der Waals surface area contributed by atoms with Gasteiger partial charge in [-0.25, -0.2) is 18.2 Å². The Morgan fingerprint density at radius 3 is 0.759 bits per heavy atom. The van der Waals surface area contributed by atoms with E-state index in [1.54, 1.807) is 23.3 Å². The molecule has 29 heavy (non-hydrogen) atoms. The van der Waals surface area contributed by atoms with Gasteiger partial charge in [-0.1, -0.05) is 62.3 Å². The second kappa shape index (κ2) is 15.3. The van der Waals surface area contributed by atoms with E-state index in [0.29, 0.717) is 0 Å². The van der Waals surface area contributed by atoms with E-state index < -0.39 is 0 Å². The van der Waals surface area contributed by atoms with Crippen molar-refractivity contribution < 1.29 is 23.3 Å². The van der Waals surface area contributed by atoms with E-state index in [2.05, 4.69) is 112 Å². The molecule has 0 aliphatic heterocycles. The first-order chi connectivity index (χ1) is 12.8. The minimum atomic E-state index is 0.